The summed E-state index contributed by atoms with van der Waals surface area (Å²) in [4.78, 5) is 21.2. The second kappa shape index (κ2) is 6.40. The van der Waals surface area contributed by atoms with E-state index in [1.165, 1.54) is 0 Å². The average Bonchev–Trinajstić information content (AvgIpc) is 2.20. The molecule has 0 atom stereocenters. The van der Waals surface area contributed by atoms with Crippen molar-refractivity contribution in [3.63, 3.8) is 0 Å². The Morgan fingerprint density at radius 3 is 2.13 bits per heavy atom. The Bertz CT molecular complexity index is 195. The zero-order valence-corrected chi connectivity index (χ0v) is 9.71. The van der Waals surface area contributed by atoms with E-state index in [1.807, 2.05) is 27.6 Å². The van der Waals surface area contributed by atoms with Crippen molar-refractivity contribution in [3.8, 4) is 0 Å². The Hall–Kier alpha value is -1.10. The van der Waals surface area contributed by atoms with E-state index in [0.717, 1.165) is 26.2 Å². The number of hydrogen-bond acceptors (Lipinski definition) is 4. The Morgan fingerprint density at radius 1 is 1.27 bits per heavy atom. The first kappa shape index (κ1) is 13.9. The maximum Gasteiger partial charge on any atom is 0.410 e. The van der Waals surface area contributed by atoms with Gasteiger partial charge in [-0.15, -0.1) is 0 Å². The highest BCUT2D eigenvalue weighted by Gasteiger charge is 2.22. The number of amides is 1. The lowest BCUT2D eigenvalue weighted by Crippen LogP contribution is -2.48. The monoisotopic (exact) mass is 216 g/mol. The summed E-state index contributed by atoms with van der Waals surface area (Å²) in [5.74, 6) is 0. The van der Waals surface area contributed by atoms with Crippen molar-refractivity contribution in [2.45, 2.75) is 26.4 Å². The van der Waals surface area contributed by atoms with Gasteiger partial charge in [-0.2, -0.15) is 0 Å². The molecule has 1 saturated heterocycles. The topological polar surface area (TPSA) is 58.6 Å². The molecule has 0 aromatic rings. The van der Waals surface area contributed by atoms with Crippen LogP contribution in [0.4, 0.5) is 4.79 Å². The highest BCUT2D eigenvalue weighted by molar-refractivity contribution is 5.68. The van der Waals surface area contributed by atoms with Gasteiger partial charge in [-0.3, -0.25) is 0 Å². The molecule has 0 spiro atoms. The molecule has 1 aliphatic heterocycles. The van der Waals surface area contributed by atoms with Crippen molar-refractivity contribution < 1.29 is 14.3 Å². The van der Waals surface area contributed by atoms with Gasteiger partial charge in [-0.1, -0.05) is 0 Å². The predicted octanol–water partition coefficient (Wildman–Crippen LogP) is 0.642. The molecule has 5 nitrogen and oxygen atoms in total. The molecular formula is C10H20N2O3. The lowest BCUT2D eigenvalue weighted by Gasteiger charge is -2.30. The predicted molar refractivity (Wildman–Crippen MR) is 57.8 cm³/mol. The van der Waals surface area contributed by atoms with Gasteiger partial charge in [-0.25, -0.2) is 4.79 Å². The first-order valence-electron chi connectivity index (χ1n) is 4.96. The van der Waals surface area contributed by atoms with Gasteiger partial charge in [-0.05, 0) is 20.8 Å². The second-order valence-corrected chi connectivity index (χ2v) is 4.22. The SMILES string of the molecule is C=O.CC(C)(C)OC(=O)N1CCNCC1. The first-order chi connectivity index (χ1) is 6.99. The molecule has 1 N–H and O–H groups in total. The summed E-state index contributed by atoms with van der Waals surface area (Å²) in [7, 11) is 0. The fourth-order valence-corrected chi connectivity index (χ4v) is 1.17. The average molecular weight is 216 g/mol. The van der Waals surface area contributed by atoms with Crippen LogP contribution in [0.1, 0.15) is 20.8 Å². The number of nitrogens with zero attached hydrogens (tertiary/aromatic N) is 1. The number of rotatable bonds is 0. The van der Waals surface area contributed by atoms with Gasteiger partial charge < -0.3 is 19.7 Å². The highest BCUT2D eigenvalue weighted by Crippen LogP contribution is 2.09. The quantitative estimate of drug-likeness (QED) is 0.645. The minimum atomic E-state index is -0.387. The molecule has 1 fully saturated rings. The van der Waals surface area contributed by atoms with E-state index >= 15 is 0 Å². The minimum Gasteiger partial charge on any atom is -0.444 e. The van der Waals surface area contributed by atoms with Crippen LogP contribution in [0.5, 0.6) is 0 Å². The van der Waals surface area contributed by atoms with E-state index < -0.39 is 0 Å². The minimum absolute atomic E-state index is 0.200. The molecular weight excluding hydrogens is 196 g/mol. The summed E-state index contributed by atoms with van der Waals surface area (Å²) in [6.45, 7) is 10.9. The summed E-state index contributed by atoms with van der Waals surface area (Å²) in [5, 5.41) is 3.18. The molecule has 0 aliphatic carbocycles. The van der Waals surface area contributed by atoms with Crippen LogP contribution in [0, 0.1) is 0 Å². The number of hydrogen-bond donors (Lipinski definition) is 1. The smallest absolute Gasteiger partial charge is 0.410 e. The van der Waals surface area contributed by atoms with Gasteiger partial charge in [0.15, 0.2) is 0 Å². The third kappa shape index (κ3) is 6.06. The molecule has 0 aromatic carbocycles. The van der Waals surface area contributed by atoms with Gasteiger partial charge in [0.05, 0.1) is 0 Å². The zero-order chi connectivity index (χ0) is 11.9. The molecule has 15 heavy (non-hydrogen) atoms. The Kier molecular flexibility index (Phi) is 5.93. The molecule has 0 bridgehead atoms. The molecule has 1 heterocycles. The molecule has 88 valence electrons. The third-order valence-electron chi connectivity index (χ3n) is 1.77. The lowest BCUT2D eigenvalue weighted by atomic mass is 10.2. The fourth-order valence-electron chi connectivity index (χ4n) is 1.17. The van der Waals surface area contributed by atoms with E-state index in [9.17, 15) is 4.79 Å². The van der Waals surface area contributed by atoms with Crippen molar-refractivity contribution in [2.75, 3.05) is 26.2 Å². The molecule has 5 heteroatoms. The fraction of sp³-hybridized carbons (Fsp3) is 0.800. The van der Waals surface area contributed by atoms with E-state index in [0.29, 0.717) is 0 Å². The molecule has 0 unspecified atom stereocenters. The van der Waals surface area contributed by atoms with Crippen molar-refractivity contribution in [1.82, 2.24) is 10.2 Å². The molecule has 0 aromatic heterocycles. The highest BCUT2D eigenvalue weighted by atomic mass is 16.6. The molecule has 1 aliphatic rings. The van der Waals surface area contributed by atoms with Crippen LogP contribution in [0.25, 0.3) is 0 Å². The number of nitrogens with one attached hydrogen (secondary N) is 1. The van der Waals surface area contributed by atoms with Crippen LogP contribution in [0.15, 0.2) is 0 Å². The maximum atomic E-state index is 11.5. The van der Waals surface area contributed by atoms with E-state index in [2.05, 4.69) is 5.32 Å². The second-order valence-electron chi connectivity index (χ2n) is 4.22. The van der Waals surface area contributed by atoms with Gasteiger partial charge in [0.25, 0.3) is 0 Å². The van der Waals surface area contributed by atoms with Gasteiger partial charge in [0.1, 0.15) is 12.4 Å². The Morgan fingerprint density at radius 2 is 1.73 bits per heavy atom. The molecule has 0 radical (unpaired) electrons. The normalized spacial score (nSPS) is 16.3. The summed E-state index contributed by atoms with van der Waals surface area (Å²) in [5.41, 5.74) is -0.387. The van der Waals surface area contributed by atoms with Crippen LogP contribution in [-0.2, 0) is 9.53 Å². The molecule has 0 saturated carbocycles. The van der Waals surface area contributed by atoms with E-state index in [-0.39, 0.29) is 11.7 Å². The lowest BCUT2D eigenvalue weighted by molar-refractivity contribution is -0.0980. The Balaban J connectivity index is 0.000000921. The summed E-state index contributed by atoms with van der Waals surface area (Å²) >= 11 is 0. The van der Waals surface area contributed by atoms with Gasteiger partial charge in [0, 0.05) is 26.2 Å². The largest absolute Gasteiger partial charge is 0.444 e. The van der Waals surface area contributed by atoms with Crippen molar-refractivity contribution in [3.05, 3.63) is 0 Å². The Labute approximate surface area is 90.8 Å². The summed E-state index contributed by atoms with van der Waals surface area (Å²) in [6.07, 6.45) is -0.200. The number of ether oxygens (including phenoxy) is 1. The number of piperazine rings is 1. The van der Waals surface area contributed by atoms with Gasteiger partial charge >= 0.3 is 6.09 Å². The van der Waals surface area contributed by atoms with Gasteiger partial charge in [0.2, 0.25) is 0 Å². The van der Waals surface area contributed by atoms with Crippen LogP contribution < -0.4 is 5.32 Å². The summed E-state index contributed by atoms with van der Waals surface area (Å²) < 4.78 is 5.24. The van der Waals surface area contributed by atoms with Crippen molar-refractivity contribution >= 4 is 12.9 Å². The van der Waals surface area contributed by atoms with E-state index in [4.69, 9.17) is 9.53 Å². The van der Waals surface area contributed by atoms with Crippen LogP contribution in [0.2, 0.25) is 0 Å². The zero-order valence-electron chi connectivity index (χ0n) is 9.71. The van der Waals surface area contributed by atoms with E-state index in [1.54, 1.807) is 4.90 Å². The van der Waals surface area contributed by atoms with Crippen molar-refractivity contribution in [1.29, 1.82) is 0 Å². The van der Waals surface area contributed by atoms with Crippen LogP contribution in [-0.4, -0.2) is 49.6 Å². The number of carbonyl (C=O) groups is 2. The number of carbonyl (C=O) groups excluding carboxylic acids is 2. The van der Waals surface area contributed by atoms with Crippen molar-refractivity contribution in [2.24, 2.45) is 0 Å². The first-order valence-corrected chi connectivity index (χ1v) is 4.96. The third-order valence-corrected chi connectivity index (χ3v) is 1.77. The molecule has 1 rings (SSSR count). The summed E-state index contributed by atoms with van der Waals surface area (Å²) in [6, 6.07) is 0. The maximum absolute atomic E-state index is 11.5. The van der Waals surface area contributed by atoms with Crippen LogP contribution in [0.3, 0.4) is 0 Å². The standard InChI is InChI=1S/C9H18N2O2.CH2O/c1-9(2,3)13-8(12)11-6-4-10-5-7-11;1-2/h10H,4-7H2,1-3H3;1H2. The van der Waals surface area contributed by atoms with Crippen LogP contribution >= 0.6 is 0 Å². The molecule has 1 amide bonds.